The van der Waals surface area contributed by atoms with E-state index in [1.54, 1.807) is 45.2 Å². The van der Waals surface area contributed by atoms with Gasteiger partial charge in [-0.1, -0.05) is 67.8 Å². The average Bonchev–Trinajstić information content (AvgIpc) is 3.82. The molecule has 0 saturated carbocycles. The highest BCUT2D eigenvalue weighted by Gasteiger charge is 2.24. The SMILES string of the molecule is Cc1cc(N(CCCCCCN(C)C)c2nc(C(=O)O)c(CCCOc3ccc(C#CCN(C)C(=O)OC(C)(C)C)cc3F)s2)nnc1N=c1sc2ccccc2n1COCC[Si](C)(C)C. The molecule has 356 valence electrons. The number of carboxylic acids is 1. The van der Waals surface area contributed by atoms with Crippen molar-refractivity contribution in [2.75, 3.05) is 58.9 Å². The summed E-state index contributed by atoms with van der Waals surface area (Å²) < 4.78 is 35.5. The Morgan fingerprint density at radius 3 is 2.38 bits per heavy atom. The van der Waals surface area contributed by atoms with Crippen LogP contribution in [-0.4, -0.2) is 114 Å². The van der Waals surface area contributed by atoms with Gasteiger partial charge in [-0.15, -0.1) is 21.5 Å². The molecular weight excluding hydrogens is 896 g/mol. The van der Waals surface area contributed by atoms with E-state index in [2.05, 4.69) is 82.4 Å². The quantitative estimate of drug-likeness (QED) is 0.0402. The van der Waals surface area contributed by atoms with Crippen molar-refractivity contribution < 1.29 is 33.3 Å². The Labute approximate surface area is 397 Å². The van der Waals surface area contributed by atoms with E-state index >= 15 is 4.39 Å². The molecule has 3 heterocycles. The number of unbranched alkanes of at least 4 members (excludes halogenated alkanes) is 3. The monoisotopic (exact) mass is 960 g/mol. The number of halogens is 1. The van der Waals surface area contributed by atoms with Crippen LogP contribution >= 0.6 is 22.7 Å². The van der Waals surface area contributed by atoms with E-state index in [0.29, 0.717) is 59.9 Å². The molecule has 0 fully saturated rings. The fourth-order valence-electron chi connectivity index (χ4n) is 6.49. The molecule has 3 aromatic heterocycles. The fourth-order valence-corrected chi connectivity index (χ4v) is 9.39. The summed E-state index contributed by atoms with van der Waals surface area (Å²) in [5.74, 6) is 5.13. The molecule has 0 unspecified atom stereocenters. The summed E-state index contributed by atoms with van der Waals surface area (Å²) in [6, 6.07) is 15.6. The molecule has 0 radical (unpaired) electrons. The van der Waals surface area contributed by atoms with Gasteiger partial charge < -0.3 is 34.0 Å². The predicted molar refractivity (Wildman–Crippen MR) is 265 cm³/mol. The molecule has 0 saturated heterocycles. The van der Waals surface area contributed by atoms with Crippen molar-refractivity contribution in [3.05, 3.63) is 80.8 Å². The first kappa shape index (κ1) is 51.8. The molecule has 2 aromatic carbocycles. The van der Waals surface area contributed by atoms with E-state index in [9.17, 15) is 14.7 Å². The van der Waals surface area contributed by atoms with Gasteiger partial charge in [0.25, 0.3) is 0 Å². The molecule has 5 rings (SSSR count). The Bertz CT molecular complexity index is 2550. The summed E-state index contributed by atoms with van der Waals surface area (Å²) in [6.07, 6.45) is 4.22. The van der Waals surface area contributed by atoms with Gasteiger partial charge in [0.05, 0.1) is 23.4 Å². The lowest BCUT2D eigenvalue weighted by Crippen LogP contribution is -2.34. The van der Waals surface area contributed by atoms with Gasteiger partial charge >= 0.3 is 12.1 Å². The Morgan fingerprint density at radius 2 is 1.70 bits per heavy atom. The zero-order chi connectivity index (χ0) is 48.0. The number of hydrogen-bond acceptors (Lipinski definition) is 13. The van der Waals surface area contributed by atoms with Gasteiger partial charge in [0.1, 0.15) is 12.3 Å². The number of aromatic nitrogens is 4. The lowest BCUT2D eigenvalue weighted by molar-refractivity contribution is 0.0320. The molecule has 1 amide bonds. The van der Waals surface area contributed by atoms with Crippen molar-refractivity contribution >= 4 is 69.8 Å². The van der Waals surface area contributed by atoms with Crippen LogP contribution in [0.2, 0.25) is 25.7 Å². The maximum absolute atomic E-state index is 15.1. The molecule has 0 spiro atoms. The first-order valence-electron chi connectivity index (χ1n) is 22.3. The van der Waals surface area contributed by atoms with Gasteiger partial charge in [0.15, 0.2) is 38.8 Å². The molecule has 0 atom stereocenters. The number of benzene rings is 2. The summed E-state index contributed by atoms with van der Waals surface area (Å²) >= 11 is 2.87. The third kappa shape index (κ3) is 16.0. The van der Waals surface area contributed by atoms with Crippen LogP contribution in [0.1, 0.15) is 79.4 Å². The van der Waals surface area contributed by atoms with Crippen molar-refractivity contribution in [3.63, 3.8) is 0 Å². The number of rotatable bonds is 22. The second-order valence-electron chi connectivity index (χ2n) is 18.6. The number of aromatic carboxylic acids is 1. The summed E-state index contributed by atoms with van der Waals surface area (Å²) in [7, 11) is 4.47. The van der Waals surface area contributed by atoms with Crippen LogP contribution in [0.4, 0.5) is 26.0 Å². The number of para-hydroxylation sites is 1. The second kappa shape index (κ2) is 24.0. The van der Waals surface area contributed by atoms with Gasteiger partial charge in [0, 0.05) is 38.7 Å². The lowest BCUT2D eigenvalue weighted by Gasteiger charge is -2.23. The summed E-state index contributed by atoms with van der Waals surface area (Å²) in [5, 5.41) is 20.1. The molecule has 5 aromatic rings. The highest BCUT2D eigenvalue weighted by atomic mass is 32.1. The summed E-state index contributed by atoms with van der Waals surface area (Å²) in [5.41, 5.74) is 1.63. The first-order chi connectivity index (χ1) is 31.3. The van der Waals surface area contributed by atoms with Crippen LogP contribution in [0.5, 0.6) is 5.75 Å². The van der Waals surface area contributed by atoms with Gasteiger partial charge in [-0.2, -0.15) is 4.99 Å². The lowest BCUT2D eigenvalue weighted by atomic mass is 10.2. The minimum absolute atomic E-state index is 0.0323. The standard InChI is InChI=1S/C48H65FN8O6S2Si/c1-34-31-41(52-53-43(34)51-46-57(33-61-29-30-66(8,9)10)37-20-13-14-21-39(37)64-46)56(27-16-12-11-15-25-54(5)6)45-50-42(44(58)59)40(65-45)22-18-28-62-38-24-23-35(32-36(38)49)19-17-26-55(7)47(60)63-48(2,3)4/h13-14,20-21,23-24,31-32H,11-12,15-16,18,22,25-30,33H2,1-10H3,(H,58,59). The maximum Gasteiger partial charge on any atom is 0.410 e. The number of thiazole rings is 2. The van der Waals surface area contributed by atoms with Crippen molar-refractivity contribution in [2.45, 2.75) is 104 Å². The van der Waals surface area contributed by atoms with Gasteiger partial charge in [-0.25, -0.2) is 19.0 Å². The van der Waals surface area contributed by atoms with E-state index in [1.807, 2.05) is 30.0 Å². The minimum Gasteiger partial charge on any atom is -0.491 e. The number of amides is 1. The van der Waals surface area contributed by atoms with E-state index in [-0.39, 0.29) is 24.6 Å². The van der Waals surface area contributed by atoms with Crippen LogP contribution in [0.25, 0.3) is 10.2 Å². The predicted octanol–water partition coefficient (Wildman–Crippen LogP) is 10.1. The third-order valence-electron chi connectivity index (χ3n) is 10.1. The van der Waals surface area contributed by atoms with Gasteiger partial charge in [-0.3, -0.25) is 4.57 Å². The summed E-state index contributed by atoms with van der Waals surface area (Å²) in [6.45, 7) is 17.2. The van der Waals surface area contributed by atoms with Crippen molar-refractivity contribution in [3.8, 4) is 17.6 Å². The number of anilines is 2. The summed E-state index contributed by atoms with van der Waals surface area (Å²) in [4.78, 5) is 41.2. The normalized spacial score (nSPS) is 12.1. The molecule has 1 N–H and O–H groups in total. The molecule has 18 heteroatoms. The van der Waals surface area contributed by atoms with Crippen molar-refractivity contribution in [2.24, 2.45) is 4.99 Å². The van der Waals surface area contributed by atoms with E-state index in [4.69, 9.17) is 19.2 Å². The number of hydrogen-bond donors (Lipinski definition) is 1. The smallest absolute Gasteiger partial charge is 0.410 e. The number of fused-ring (bicyclic) bond motifs is 1. The molecule has 66 heavy (non-hydrogen) atoms. The molecule has 0 aliphatic rings. The van der Waals surface area contributed by atoms with Crippen LogP contribution in [0, 0.1) is 24.6 Å². The first-order valence-corrected chi connectivity index (χ1v) is 27.7. The average molecular weight is 961 g/mol. The van der Waals surface area contributed by atoms with Crippen molar-refractivity contribution in [1.82, 2.24) is 29.5 Å². The fraction of sp³-hybridized carbons (Fsp3) is 0.500. The molecular formula is C48H65FN8O6S2Si. The van der Waals surface area contributed by atoms with Crippen molar-refractivity contribution in [1.29, 1.82) is 0 Å². The molecule has 0 aliphatic carbocycles. The number of nitrogens with zero attached hydrogens (tertiary/aromatic N) is 8. The van der Waals surface area contributed by atoms with E-state index in [0.717, 1.165) is 58.9 Å². The van der Waals surface area contributed by atoms with Crippen LogP contribution in [0.15, 0.2) is 53.5 Å². The Balaban J connectivity index is 1.31. The maximum atomic E-state index is 15.1. The third-order valence-corrected chi connectivity index (χ3v) is 14.0. The topological polar surface area (TPSA) is 148 Å². The zero-order valence-corrected chi connectivity index (χ0v) is 42.7. The zero-order valence-electron chi connectivity index (χ0n) is 40.1. The number of carbonyl (C=O) groups excluding carboxylic acids is 1. The van der Waals surface area contributed by atoms with E-state index in [1.165, 1.54) is 28.4 Å². The Morgan fingerprint density at radius 1 is 0.955 bits per heavy atom. The van der Waals surface area contributed by atoms with Crippen LogP contribution < -0.4 is 14.4 Å². The highest BCUT2D eigenvalue weighted by Crippen LogP contribution is 2.34. The van der Waals surface area contributed by atoms with Crippen LogP contribution in [-0.2, 0) is 22.6 Å². The minimum atomic E-state index is -1.26. The van der Waals surface area contributed by atoms with Gasteiger partial charge in [-0.05, 0) is 122 Å². The molecule has 0 bridgehead atoms. The largest absolute Gasteiger partial charge is 0.491 e. The van der Waals surface area contributed by atoms with Gasteiger partial charge in [0.2, 0.25) is 0 Å². The van der Waals surface area contributed by atoms with E-state index < -0.39 is 31.6 Å². The number of ether oxygens (including phenoxy) is 3. The second-order valence-corrected chi connectivity index (χ2v) is 26.3. The highest BCUT2D eigenvalue weighted by molar-refractivity contribution is 7.16. The Kier molecular flexibility index (Phi) is 18.8. The number of carboxylic acid groups (broad SMARTS) is 1. The van der Waals surface area contributed by atoms with Crippen LogP contribution in [0.3, 0.4) is 0 Å². The molecule has 0 aliphatic heterocycles. The Hall–Kier alpha value is -5.19. The molecule has 14 nitrogen and oxygen atoms in total. The number of aryl methyl sites for hydroxylation is 2. The number of carbonyl (C=O) groups is 2.